The Balaban J connectivity index is 1.28. The van der Waals surface area contributed by atoms with E-state index >= 15 is 0 Å². The van der Waals surface area contributed by atoms with E-state index in [0.29, 0.717) is 18.5 Å². The molecule has 1 aromatic rings. The number of nitrogens with one attached hydrogen (secondary N) is 3. The van der Waals surface area contributed by atoms with Crippen LogP contribution in [0.25, 0.3) is 0 Å². The van der Waals surface area contributed by atoms with Gasteiger partial charge >= 0.3 is 6.03 Å². The van der Waals surface area contributed by atoms with Crippen molar-refractivity contribution in [3.63, 3.8) is 0 Å². The molecule has 3 fully saturated rings. The standard InChI is InChI=1S/C21H30N4O2/c26-20(19-13-16-7-1-2-9-18(16)24-19)22-14-15-6-5-8-17(12-15)23-21(27)25-10-3-4-11-25/h5-6,8,12,16,18-19,24H,1-4,7,9-11,13-14H2,(H,22,26)(H,23,27). The number of hydrogen-bond acceptors (Lipinski definition) is 3. The van der Waals surface area contributed by atoms with Gasteiger partial charge in [-0.2, -0.15) is 0 Å². The number of rotatable bonds is 4. The summed E-state index contributed by atoms with van der Waals surface area (Å²) in [6, 6.07) is 8.16. The summed E-state index contributed by atoms with van der Waals surface area (Å²) in [5, 5.41) is 9.55. The van der Waals surface area contributed by atoms with Gasteiger partial charge in [0.2, 0.25) is 5.91 Å². The zero-order valence-electron chi connectivity index (χ0n) is 15.9. The predicted molar refractivity (Wildman–Crippen MR) is 105 cm³/mol. The number of nitrogens with zero attached hydrogens (tertiary/aromatic N) is 1. The molecule has 3 unspecified atom stereocenters. The molecule has 0 spiro atoms. The molecule has 1 saturated carbocycles. The lowest BCUT2D eigenvalue weighted by Crippen LogP contribution is -2.42. The first-order valence-corrected chi connectivity index (χ1v) is 10.4. The maximum absolute atomic E-state index is 12.5. The molecular formula is C21H30N4O2. The quantitative estimate of drug-likeness (QED) is 0.763. The number of fused-ring (bicyclic) bond motifs is 1. The van der Waals surface area contributed by atoms with Crippen LogP contribution in [0.4, 0.5) is 10.5 Å². The molecular weight excluding hydrogens is 340 g/mol. The monoisotopic (exact) mass is 370 g/mol. The van der Waals surface area contributed by atoms with Crippen LogP contribution in [0.2, 0.25) is 0 Å². The fourth-order valence-electron chi connectivity index (χ4n) is 4.72. The predicted octanol–water partition coefficient (Wildman–Crippen LogP) is 2.85. The number of hydrogen-bond donors (Lipinski definition) is 3. The smallest absolute Gasteiger partial charge is 0.321 e. The van der Waals surface area contributed by atoms with Crippen LogP contribution in [0.15, 0.2) is 24.3 Å². The van der Waals surface area contributed by atoms with Crippen LogP contribution in [0, 0.1) is 5.92 Å². The molecule has 27 heavy (non-hydrogen) atoms. The van der Waals surface area contributed by atoms with Gasteiger partial charge in [0.25, 0.3) is 0 Å². The molecule has 2 aliphatic heterocycles. The molecule has 3 aliphatic rings. The van der Waals surface area contributed by atoms with Crippen LogP contribution >= 0.6 is 0 Å². The molecule has 3 amide bonds. The summed E-state index contributed by atoms with van der Waals surface area (Å²) in [6.07, 6.45) is 8.15. The lowest BCUT2D eigenvalue weighted by atomic mass is 9.85. The van der Waals surface area contributed by atoms with Crippen molar-refractivity contribution in [2.24, 2.45) is 5.92 Å². The average molecular weight is 370 g/mol. The first-order chi connectivity index (χ1) is 13.2. The largest absolute Gasteiger partial charge is 0.351 e. The second-order valence-corrected chi connectivity index (χ2v) is 8.15. The Bertz CT molecular complexity index is 673. The van der Waals surface area contributed by atoms with Crippen molar-refractivity contribution >= 4 is 17.6 Å². The molecule has 2 heterocycles. The molecule has 1 aliphatic carbocycles. The molecule has 6 heteroatoms. The molecule has 0 radical (unpaired) electrons. The summed E-state index contributed by atoms with van der Waals surface area (Å²) in [7, 11) is 0. The van der Waals surface area contributed by atoms with Gasteiger partial charge in [-0.1, -0.05) is 25.0 Å². The Morgan fingerprint density at radius 3 is 2.74 bits per heavy atom. The topological polar surface area (TPSA) is 73.5 Å². The van der Waals surface area contributed by atoms with Crippen molar-refractivity contribution in [1.29, 1.82) is 0 Å². The second kappa shape index (κ2) is 8.30. The third-order valence-corrected chi connectivity index (χ3v) is 6.22. The number of amides is 3. The number of carbonyl (C=O) groups is 2. The first-order valence-electron chi connectivity index (χ1n) is 10.4. The normalized spacial score (nSPS) is 27.3. The molecule has 0 aromatic heterocycles. The molecule has 4 rings (SSSR count). The number of urea groups is 1. The van der Waals surface area contributed by atoms with Gasteiger partial charge in [0.15, 0.2) is 0 Å². The van der Waals surface area contributed by atoms with Gasteiger partial charge in [0.05, 0.1) is 6.04 Å². The zero-order chi connectivity index (χ0) is 18.6. The summed E-state index contributed by atoms with van der Waals surface area (Å²) in [4.78, 5) is 26.6. The molecule has 3 atom stereocenters. The van der Waals surface area contributed by atoms with Gasteiger partial charge in [-0.05, 0) is 55.7 Å². The minimum absolute atomic E-state index is 0.0357. The fourth-order valence-corrected chi connectivity index (χ4v) is 4.72. The van der Waals surface area contributed by atoms with Crippen LogP contribution in [0.1, 0.15) is 50.5 Å². The van der Waals surface area contributed by atoms with Gasteiger partial charge in [0.1, 0.15) is 0 Å². The van der Waals surface area contributed by atoms with Crippen LogP contribution in [0.5, 0.6) is 0 Å². The highest BCUT2D eigenvalue weighted by molar-refractivity contribution is 5.89. The van der Waals surface area contributed by atoms with E-state index in [1.54, 1.807) is 0 Å². The molecule has 3 N–H and O–H groups in total. The number of benzene rings is 1. The van der Waals surface area contributed by atoms with E-state index in [0.717, 1.165) is 43.6 Å². The Kier molecular flexibility index (Phi) is 5.62. The van der Waals surface area contributed by atoms with Gasteiger partial charge in [-0.15, -0.1) is 0 Å². The summed E-state index contributed by atoms with van der Waals surface area (Å²) >= 11 is 0. The number of carbonyl (C=O) groups excluding carboxylic acids is 2. The van der Waals surface area contributed by atoms with Crippen LogP contribution in [-0.4, -0.2) is 42.0 Å². The third kappa shape index (κ3) is 4.43. The SMILES string of the molecule is O=C(NCc1cccc(NC(=O)N2CCCC2)c1)C1CC2CCCCC2N1. The highest BCUT2D eigenvalue weighted by Gasteiger charge is 2.37. The van der Waals surface area contributed by atoms with Crippen molar-refractivity contribution in [3.8, 4) is 0 Å². The highest BCUT2D eigenvalue weighted by atomic mass is 16.2. The average Bonchev–Trinajstić information content (AvgIpc) is 3.36. The van der Waals surface area contributed by atoms with Gasteiger partial charge in [-0.3, -0.25) is 4.79 Å². The Labute approximate surface area is 161 Å². The Morgan fingerprint density at radius 2 is 1.93 bits per heavy atom. The first kappa shape index (κ1) is 18.3. The lowest BCUT2D eigenvalue weighted by Gasteiger charge is -2.24. The van der Waals surface area contributed by atoms with E-state index in [4.69, 9.17) is 0 Å². The van der Waals surface area contributed by atoms with Crippen molar-refractivity contribution < 1.29 is 9.59 Å². The number of likely N-dealkylation sites (tertiary alicyclic amines) is 1. The lowest BCUT2D eigenvalue weighted by molar-refractivity contribution is -0.123. The second-order valence-electron chi connectivity index (χ2n) is 8.15. The van der Waals surface area contributed by atoms with Crippen LogP contribution < -0.4 is 16.0 Å². The Morgan fingerprint density at radius 1 is 1.11 bits per heavy atom. The van der Waals surface area contributed by atoms with Crippen LogP contribution in [0.3, 0.4) is 0 Å². The van der Waals surface area contributed by atoms with E-state index in [1.807, 2.05) is 29.2 Å². The van der Waals surface area contributed by atoms with Crippen molar-refractivity contribution in [3.05, 3.63) is 29.8 Å². The van der Waals surface area contributed by atoms with Crippen LogP contribution in [-0.2, 0) is 11.3 Å². The molecule has 2 saturated heterocycles. The molecule has 0 bridgehead atoms. The van der Waals surface area contributed by atoms with E-state index in [-0.39, 0.29) is 18.0 Å². The fraction of sp³-hybridized carbons (Fsp3) is 0.619. The minimum atomic E-state index is -0.0591. The van der Waals surface area contributed by atoms with E-state index in [9.17, 15) is 9.59 Å². The summed E-state index contributed by atoms with van der Waals surface area (Å²) < 4.78 is 0. The van der Waals surface area contributed by atoms with Crippen molar-refractivity contribution in [2.75, 3.05) is 18.4 Å². The summed E-state index contributed by atoms with van der Waals surface area (Å²) in [5.74, 6) is 0.759. The van der Waals surface area contributed by atoms with Gasteiger partial charge in [0, 0.05) is 31.4 Å². The summed E-state index contributed by atoms with van der Waals surface area (Å²) in [6.45, 7) is 2.15. The van der Waals surface area contributed by atoms with E-state index in [1.165, 1.54) is 25.7 Å². The van der Waals surface area contributed by atoms with E-state index < -0.39 is 0 Å². The number of anilines is 1. The minimum Gasteiger partial charge on any atom is -0.351 e. The molecule has 146 valence electrons. The third-order valence-electron chi connectivity index (χ3n) is 6.22. The van der Waals surface area contributed by atoms with Crippen molar-refractivity contribution in [1.82, 2.24) is 15.5 Å². The summed E-state index contributed by atoms with van der Waals surface area (Å²) in [5.41, 5.74) is 1.78. The highest BCUT2D eigenvalue weighted by Crippen LogP contribution is 2.33. The van der Waals surface area contributed by atoms with Gasteiger partial charge in [-0.25, -0.2) is 4.79 Å². The van der Waals surface area contributed by atoms with E-state index in [2.05, 4.69) is 16.0 Å². The zero-order valence-corrected chi connectivity index (χ0v) is 15.9. The molecule has 6 nitrogen and oxygen atoms in total. The maximum Gasteiger partial charge on any atom is 0.321 e. The van der Waals surface area contributed by atoms with Gasteiger partial charge < -0.3 is 20.9 Å². The maximum atomic E-state index is 12.5. The Hall–Kier alpha value is -2.08. The molecule has 1 aromatic carbocycles. The van der Waals surface area contributed by atoms with Crippen molar-refractivity contribution in [2.45, 2.75) is 63.6 Å².